The largest absolute Gasteiger partial charge is 0.338 e. The first-order chi connectivity index (χ1) is 10.8. The molecule has 1 aromatic carbocycles. The number of halogens is 1. The van der Waals surface area contributed by atoms with Crippen LogP contribution in [0.25, 0.3) is 0 Å². The summed E-state index contributed by atoms with van der Waals surface area (Å²) in [6, 6.07) is 6.52. The summed E-state index contributed by atoms with van der Waals surface area (Å²) in [4.78, 5) is 6.83. The predicted octanol–water partition coefficient (Wildman–Crippen LogP) is 3.57. The number of nitrogens with zero attached hydrogens (tertiary/aromatic N) is 3. The Labute approximate surface area is 130 Å². The van der Waals surface area contributed by atoms with E-state index in [1.54, 1.807) is 6.07 Å². The molecule has 2 heterocycles. The third kappa shape index (κ3) is 4.37. The Morgan fingerprint density at radius 1 is 1.09 bits per heavy atom. The van der Waals surface area contributed by atoms with Crippen molar-refractivity contribution >= 4 is 0 Å². The molecule has 0 bridgehead atoms. The molecule has 4 nitrogen and oxygen atoms in total. The lowest BCUT2D eigenvalue weighted by molar-refractivity contribution is 0.208. The van der Waals surface area contributed by atoms with Gasteiger partial charge in [-0.25, -0.2) is 4.39 Å². The van der Waals surface area contributed by atoms with Gasteiger partial charge in [0.1, 0.15) is 5.82 Å². The van der Waals surface area contributed by atoms with Crippen LogP contribution < -0.4 is 0 Å². The molecule has 1 aromatic heterocycles. The van der Waals surface area contributed by atoms with Crippen molar-refractivity contribution in [2.75, 3.05) is 13.1 Å². The molecule has 0 spiro atoms. The van der Waals surface area contributed by atoms with Crippen LogP contribution in [0.5, 0.6) is 0 Å². The Kier molecular flexibility index (Phi) is 5.16. The summed E-state index contributed by atoms with van der Waals surface area (Å²) in [7, 11) is 0. The van der Waals surface area contributed by atoms with Crippen molar-refractivity contribution in [3.63, 3.8) is 0 Å². The van der Waals surface area contributed by atoms with Gasteiger partial charge >= 0.3 is 0 Å². The Bertz CT molecular complexity index is 591. The van der Waals surface area contributed by atoms with Gasteiger partial charge in [0.2, 0.25) is 5.89 Å². The van der Waals surface area contributed by atoms with Crippen LogP contribution in [0.3, 0.4) is 0 Å². The van der Waals surface area contributed by atoms with Gasteiger partial charge in [-0.15, -0.1) is 0 Å². The van der Waals surface area contributed by atoms with Crippen molar-refractivity contribution in [2.45, 2.75) is 45.1 Å². The maximum atomic E-state index is 13.2. The van der Waals surface area contributed by atoms with E-state index in [4.69, 9.17) is 4.52 Å². The summed E-state index contributed by atoms with van der Waals surface area (Å²) in [5, 5.41) is 4.01. The fourth-order valence-corrected chi connectivity index (χ4v) is 2.92. The van der Waals surface area contributed by atoms with E-state index in [0.29, 0.717) is 18.1 Å². The van der Waals surface area contributed by atoms with E-state index >= 15 is 0 Å². The second kappa shape index (κ2) is 7.49. The third-order valence-corrected chi connectivity index (χ3v) is 4.07. The van der Waals surface area contributed by atoms with Crippen LogP contribution in [0.4, 0.5) is 4.39 Å². The molecule has 0 saturated carbocycles. The Balaban J connectivity index is 1.58. The van der Waals surface area contributed by atoms with Crippen LogP contribution >= 0.6 is 0 Å². The van der Waals surface area contributed by atoms with Gasteiger partial charge < -0.3 is 4.52 Å². The SMILES string of the molecule is Fc1cccc(Cc2noc(CN3CCCCCCC3)n2)c1. The minimum atomic E-state index is -0.234. The van der Waals surface area contributed by atoms with E-state index < -0.39 is 0 Å². The normalized spacial score (nSPS) is 17.1. The number of rotatable bonds is 4. The molecule has 2 aromatic rings. The zero-order valence-corrected chi connectivity index (χ0v) is 12.8. The van der Waals surface area contributed by atoms with Crippen LogP contribution in [-0.4, -0.2) is 28.1 Å². The molecule has 0 aliphatic carbocycles. The molecule has 3 rings (SSSR count). The Morgan fingerprint density at radius 3 is 2.64 bits per heavy atom. The third-order valence-electron chi connectivity index (χ3n) is 4.07. The highest BCUT2D eigenvalue weighted by Gasteiger charge is 2.13. The van der Waals surface area contributed by atoms with Gasteiger partial charge in [0.25, 0.3) is 0 Å². The van der Waals surface area contributed by atoms with E-state index in [-0.39, 0.29) is 5.82 Å². The van der Waals surface area contributed by atoms with Gasteiger partial charge in [-0.05, 0) is 43.6 Å². The van der Waals surface area contributed by atoms with Crippen LogP contribution in [0.1, 0.15) is 49.4 Å². The molecule has 1 fully saturated rings. The first-order valence-electron chi connectivity index (χ1n) is 8.08. The highest BCUT2D eigenvalue weighted by Crippen LogP contribution is 2.14. The van der Waals surface area contributed by atoms with Crippen molar-refractivity contribution in [3.8, 4) is 0 Å². The Hall–Kier alpha value is -1.75. The van der Waals surface area contributed by atoms with Crippen LogP contribution in [-0.2, 0) is 13.0 Å². The molecule has 1 aliphatic heterocycles. The molecule has 118 valence electrons. The summed E-state index contributed by atoms with van der Waals surface area (Å²) >= 11 is 0. The van der Waals surface area contributed by atoms with E-state index in [9.17, 15) is 4.39 Å². The van der Waals surface area contributed by atoms with E-state index in [1.807, 2.05) is 6.07 Å². The lowest BCUT2D eigenvalue weighted by Crippen LogP contribution is -2.27. The smallest absolute Gasteiger partial charge is 0.240 e. The quantitative estimate of drug-likeness (QED) is 0.866. The standard InChI is InChI=1S/C17H22FN3O/c18-15-8-6-7-14(11-15)12-16-19-17(22-20-16)13-21-9-4-2-1-3-5-10-21/h6-8,11H,1-5,9-10,12-13H2. The molecule has 22 heavy (non-hydrogen) atoms. The van der Waals surface area contributed by atoms with Gasteiger partial charge in [0.15, 0.2) is 5.82 Å². The Morgan fingerprint density at radius 2 is 1.86 bits per heavy atom. The summed E-state index contributed by atoms with van der Waals surface area (Å²) in [6.45, 7) is 2.92. The highest BCUT2D eigenvalue weighted by atomic mass is 19.1. The first kappa shape index (κ1) is 15.2. The average molecular weight is 303 g/mol. The van der Waals surface area contributed by atoms with Gasteiger partial charge in [0.05, 0.1) is 6.54 Å². The van der Waals surface area contributed by atoms with Crippen LogP contribution in [0.15, 0.2) is 28.8 Å². The average Bonchev–Trinajstić information content (AvgIpc) is 2.89. The van der Waals surface area contributed by atoms with E-state index in [1.165, 1.54) is 44.2 Å². The highest BCUT2D eigenvalue weighted by molar-refractivity contribution is 5.19. The minimum absolute atomic E-state index is 0.234. The van der Waals surface area contributed by atoms with Crippen molar-refractivity contribution < 1.29 is 8.91 Å². The first-order valence-corrected chi connectivity index (χ1v) is 8.08. The molecular weight excluding hydrogens is 281 g/mol. The predicted molar refractivity (Wildman–Crippen MR) is 81.9 cm³/mol. The maximum Gasteiger partial charge on any atom is 0.240 e. The van der Waals surface area contributed by atoms with Gasteiger partial charge in [-0.1, -0.05) is 36.6 Å². The zero-order chi connectivity index (χ0) is 15.2. The fourth-order valence-electron chi connectivity index (χ4n) is 2.92. The lowest BCUT2D eigenvalue weighted by Gasteiger charge is -2.22. The second-order valence-corrected chi connectivity index (χ2v) is 5.95. The topological polar surface area (TPSA) is 42.2 Å². The van der Waals surface area contributed by atoms with Gasteiger partial charge in [0, 0.05) is 6.42 Å². The van der Waals surface area contributed by atoms with Crippen molar-refractivity contribution in [1.82, 2.24) is 15.0 Å². The second-order valence-electron chi connectivity index (χ2n) is 5.95. The minimum Gasteiger partial charge on any atom is -0.338 e. The molecule has 5 heteroatoms. The monoisotopic (exact) mass is 303 g/mol. The fraction of sp³-hybridized carbons (Fsp3) is 0.529. The molecule has 0 amide bonds. The number of hydrogen-bond acceptors (Lipinski definition) is 4. The van der Waals surface area contributed by atoms with Gasteiger partial charge in [-0.2, -0.15) is 4.98 Å². The van der Waals surface area contributed by atoms with Crippen LogP contribution in [0, 0.1) is 5.82 Å². The van der Waals surface area contributed by atoms with Crippen molar-refractivity contribution in [2.24, 2.45) is 0 Å². The molecule has 0 unspecified atom stereocenters. The molecule has 0 N–H and O–H groups in total. The zero-order valence-electron chi connectivity index (χ0n) is 12.8. The van der Waals surface area contributed by atoms with Gasteiger partial charge in [-0.3, -0.25) is 4.90 Å². The van der Waals surface area contributed by atoms with Crippen molar-refractivity contribution in [1.29, 1.82) is 0 Å². The summed E-state index contributed by atoms with van der Waals surface area (Å²) in [5.41, 5.74) is 0.860. The number of likely N-dealkylation sites (tertiary alicyclic amines) is 1. The summed E-state index contributed by atoms with van der Waals surface area (Å²) in [5.74, 6) is 1.04. The van der Waals surface area contributed by atoms with E-state index in [0.717, 1.165) is 25.2 Å². The summed E-state index contributed by atoms with van der Waals surface area (Å²) < 4.78 is 18.5. The molecule has 1 aliphatic rings. The van der Waals surface area contributed by atoms with Crippen molar-refractivity contribution in [3.05, 3.63) is 47.4 Å². The summed E-state index contributed by atoms with van der Waals surface area (Å²) in [6.07, 6.45) is 6.96. The number of hydrogen-bond donors (Lipinski definition) is 0. The molecule has 0 atom stereocenters. The number of aromatic nitrogens is 2. The van der Waals surface area contributed by atoms with E-state index in [2.05, 4.69) is 15.0 Å². The molecule has 1 saturated heterocycles. The lowest BCUT2D eigenvalue weighted by atomic mass is 10.1. The molecule has 0 radical (unpaired) electrons. The maximum absolute atomic E-state index is 13.2. The number of benzene rings is 1. The molecular formula is C17H22FN3O. The van der Waals surface area contributed by atoms with Crippen LogP contribution in [0.2, 0.25) is 0 Å².